The Bertz CT molecular complexity index is 209. The minimum atomic E-state index is -0.517. The van der Waals surface area contributed by atoms with E-state index >= 15 is 0 Å². The first-order valence-electron chi connectivity index (χ1n) is 6.57. The van der Waals surface area contributed by atoms with Gasteiger partial charge in [0.1, 0.15) is 0 Å². The van der Waals surface area contributed by atoms with Crippen LogP contribution in [0.5, 0.6) is 0 Å². The zero-order chi connectivity index (χ0) is 12.4. The SMILES string of the molecule is CC1(N)CCCCCCCC(C)(N)C1(C)N. The molecule has 96 valence electrons. The highest BCUT2D eigenvalue weighted by atomic mass is 15.0. The largest absolute Gasteiger partial charge is 0.324 e. The lowest BCUT2D eigenvalue weighted by Gasteiger charge is -2.51. The highest BCUT2D eigenvalue weighted by Gasteiger charge is 2.49. The Morgan fingerprint density at radius 1 is 0.625 bits per heavy atom. The van der Waals surface area contributed by atoms with Gasteiger partial charge in [0.2, 0.25) is 0 Å². The molecule has 3 nitrogen and oxygen atoms in total. The first-order valence-corrected chi connectivity index (χ1v) is 6.57. The monoisotopic (exact) mass is 227 g/mol. The van der Waals surface area contributed by atoms with Gasteiger partial charge in [-0.3, -0.25) is 0 Å². The predicted octanol–water partition coefficient (Wildman–Crippen LogP) is 1.88. The minimum absolute atomic E-state index is 0.381. The molecule has 0 saturated heterocycles. The fourth-order valence-corrected chi connectivity index (χ4v) is 2.69. The summed E-state index contributed by atoms with van der Waals surface area (Å²) >= 11 is 0. The second kappa shape index (κ2) is 4.63. The van der Waals surface area contributed by atoms with Crippen LogP contribution in [0.2, 0.25) is 0 Å². The van der Waals surface area contributed by atoms with Crippen LogP contribution in [-0.4, -0.2) is 16.6 Å². The molecule has 1 aliphatic carbocycles. The molecule has 16 heavy (non-hydrogen) atoms. The van der Waals surface area contributed by atoms with Crippen molar-refractivity contribution in [2.45, 2.75) is 82.3 Å². The van der Waals surface area contributed by atoms with E-state index in [0.717, 1.165) is 25.7 Å². The Labute approximate surface area is 100 Å². The van der Waals surface area contributed by atoms with Crippen LogP contribution < -0.4 is 17.2 Å². The van der Waals surface area contributed by atoms with Gasteiger partial charge in [-0.25, -0.2) is 0 Å². The summed E-state index contributed by atoms with van der Waals surface area (Å²) in [6.07, 6.45) is 8.09. The maximum absolute atomic E-state index is 6.47. The molecule has 1 saturated carbocycles. The van der Waals surface area contributed by atoms with Crippen molar-refractivity contribution in [1.29, 1.82) is 0 Å². The van der Waals surface area contributed by atoms with E-state index in [-0.39, 0.29) is 11.1 Å². The molecule has 2 unspecified atom stereocenters. The fraction of sp³-hybridized carbons (Fsp3) is 1.00. The highest BCUT2D eigenvalue weighted by Crippen LogP contribution is 2.35. The van der Waals surface area contributed by atoms with Crippen molar-refractivity contribution in [3.05, 3.63) is 0 Å². The van der Waals surface area contributed by atoms with Gasteiger partial charge in [-0.05, 0) is 33.6 Å². The van der Waals surface area contributed by atoms with Crippen molar-refractivity contribution in [3.63, 3.8) is 0 Å². The Balaban J connectivity index is 2.91. The molecule has 0 aromatic rings. The van der Waals surface area contributed by atoms with E-state index in [9.17, 15) is 0 Å². The lowest BCUT2D eigenvalue weighted by atomic mass is 9.64. The van der Waals surface area contributed by atoms with Gasteiger partial charge in [-0.1, -0.05) is 32.1 Å². The van der Waals surface area contributed by atoms with Gasteiger partial charge in [-0.2, -0.15) is 0 Å². The molecule has 0 aromatic heterocycles. The third-order valence-corrected chi connectivity index (χ3v) is 4.77. The maximum atomic E-state index is 6.47. The molecule has 1 aliphatic rings. The van der Waals surface area contributed by atoms with Gasteiger partial charge in [0.25, 0.3) is 0 Å². The number of hydrogen-bond acceptors (Lipinski definition) is 3. The average Bonchev–Trinajstić information content (AvgIpc) is 2.14. The molecule has 0 heterocycles. The van der Waals surface area contributed by atoms with E-state index in [0.29, 0.717) is 0 Å². The van der Waals surface area contributed by atoms with Crippen molar-refractivity contribution < 1.29 is 0 Å². The Morgan fingerprint density at radius 2 is 0.938 bits per heavy atom. The number of nitrogens with two attached hydrogens (primary N) is 3. The van der Waals surface area contributed by atoms with Gasteiger partial charge >= 0.3 is 0 Å². The summed E-state index contributed by atoms with van der Waals surface area (Å²) in [4.78, 5) is 0. The van der Waals surface area contributed by atoms with Crippen LogP contribution in [0.3, 0.4) is 0 Å². The van der Waals surface area contributed by atoms with E-state index < -0.39 is 5.54 Å². The molecular formula is C13H29N3. The van der Waals surface area contributed by atoms with Crippen LogP contribution in [0.4, 0.5) is 0 Å². The third kappa shape index (κ3) is 2.58. The smallest absolute Gasteiger partial charge is 0.0485 e. The summed E-state index contributed by atoms with van der Waals surface area (Å²) in [5, 5.41) is 0. The quantitative estimate of drug-likeness (QED) is 0.591. The molecule has 0 amide bonds. The van der Waals surface area contributed by atoms with Gasteiger partial charge in [0.15, 0.2) is 0 Å². The highest BCUT2D eigenvalue weighted by molar-refractivity contribution is 5.13. The standard InChI is InChI=1S/C13H29N3/c1-11(14)9-7-5-4-6-8-10-12(2,15)13(11,3)16/h4-10,14-16H2,1-3H3. The summed E-state index contributed by atoms with van der Waals surface area (Å²) in [5.74, 6) is 0. The molecule has 0 bridgehead atoms. The van der Waals surface area contributed by atoms with Gasteiger partial charge in [0.05, 0.1) is 0 Å². The van der Waals surface area contributed by atoms with Crippen molar-refractivity contribution in [1.82, 2.24) is 0 Å². The summed E-state index contributed by atoms with van der Waals surface area (Å²) in [5.41, 5.74) is 18.0. The summed E-state index contributed by atoms with van der Waals surface area (Å²) in [7, 11) is 0. The Kier molecular flexibility index (Phi) is 4.04. The zero-order valence-corrected chi connectivity index (χ0v) is 11.2. The average molecular weight is 227 g/mol. The van der Waals surface area contributed by atoms with Crippen molar-refractivity contribution in [2.75, 3.05) is 0 Å². The zero-order valence-electron chi connectivity index (χ0n) is 11.2. The van der Waals surface area contributed by atoms with Crippen LogP contribution in [-0.2, 0) is 0 Å². The van der Waals surface area contributed by atoms with Crippen LogP contribution in [0.1, 0.15) is 65.7 Å². The summed E-state index contributed by atoms with van der Waals surface area (Å²) in [6.45, 7) is 6.13. The Morgan fingerprint density at radius 3 is 1.31 bits per heavy atom. The summed E-state index contributed by atoms with van der Waals surface area (Å²) < 4.78 is 0. The molecule has 0 aromatic carbocycles. The van der Waals surface area contributed by atoms with Crippen LogP contribution in [0.15, 0.2) is 0 Å². The number of rotatable bonds is 0. The van der Waals surface area contributed by atoms with Gasteiger partial charge in [0, 0.05) is 16.6 Å². The number of hydrogen-bond donors (Lipinski definition) is 3. The normalized spacial score (nSPS) is 47.6. The van der Waals surface area contributed by atoms with Gasteiger partial charge < -0.3 is 17.2 Å². The molecule has 0 spiro atoms. The van der Waals surface area contributed by atoms with Crippen molar-refractivity contribution in [3.8, 4) is 0 Å². The first kappa shape index (κ1) is 13.9. The topological polar surface area (TPSA) is 78.1 Å². The van der Waals surface area contributed by atoms with Crippen LogP contribution in [0, 0.1) is 0 Å². The molecule has 1 rings (SSSR count). The molecular weight excluding hydrogens is 198 g/mol. The molecule has 6 N–H and O–H groups in total. The van der Waals surface area contributed by atoms with E-state index in [1.807, 2.05) is 6.92 Å². The molecule has 2 atom stereocenters. The summed E-state index contributed by atoms with van der Waals surface area (Å²) in [6, 6.07) is 0. The minimum Gasteiger partial charge on any atom is -0.324 e. The van der Waals surface area contributed by atoms with E-state index in [1.165, 1.54) is 19.3 Å². The van der Waals surface area contributed by atoms with Crippen LogP contribution >= 0.6 is 0 Å². The molecule has 3 heteroatoms. The first-order chi connectivity index (χ1) is 7.21. The van der Waals surface area contributed by atoms with Crippen molar-refractivity contribution >= 4 is 0 Å². The predicted molar refractivity (Wildman–Crippen MR) is 70.1 cm³/mol. The second-order valence-corrected chi connectivity index (χ2v) is 6.31. The molecule has 0 aliphatic heterocycles. The van der Waals surface area contributed by atoms with E-state index in [4.69, 9.17) is 17.2 Å². The maximum Gasteiger partial charge on any atom is 0.0485 e. The van der Waals surface area contributed by atoms with Gasteiger partial charge in [-0.15, -0.1) is 0 Å². The van der Waals surface area contributed by atoms with Crippen LogP contribution in [0.25, 0.3) is 0 Å². The lowest BCUT2D eigenvalue weighted by Crippen LogP contribution is -2.75. The lowest BCUT2D eigenvalue weighted by molar-refractivity contribution is 0.126. The third-order valence-electron chi connectivity index (χ3n) is 4.77. The second-order valence-electron chi connectivity index (χ2n) is 6.31. The van der Waals surface area contributed by atoms with E-state index in [1.54, 1.807) is 0 Å². The van der Waals surface area contributed by atoms with Crippen molar-refractivity contribution in [2.24, 2.45) is 17.2 Å². The Hall–Kier alpha value is -0.120. The molecule has 1 fully saturated rings. The van der Waals surface area contributed by atoms with E-state index in [2.05, 4.69) is 13.8 Å². The molecule has 0 radical (unpaired) electrons. The fourth-order valence-electron chi connectivity index (χ4n) is 2.69.